The molecule has 1 rings (SSSR count). The normalized spacial score (nSPS) is 10.5. The molecule has 3 nitrogen and oxygen atoms in total. The summed E-state index contributed by atoms with van der Waals surface area (Å²) in [6.07, 6.45) is 1.81. The molecule has 0 aliphatic heterocycles. The largest absolute Gasteiger partial charge is 0.355 e. The summed E-state index contributed by atoms with van der Waals surface area (Å²) in [4.78, 5) is 15.7. The van der Waals surface area contributed by atoms with Gasteiger partial charge in [0.2, 0.25) is 5.91 Å². The molecule has 0 aliphatic carbocycles. The molecule has 0 bridgehead atoms. The zero-order valence-corrected chi connectivity index (χ0v) is 10.8. The summed E-state index contributed by atoms with van der Waals surface area (Å²) in [5.74, 6) is 0.996. The van der Waals surface area contributed by atoms with Crippen molar-refractivity contribution in [1.29, 1.82) is 0 Å². The standard InChI is InChI=1S/C12H18N2OS/c1-9(2)6-13-11(15)8-16-12-5-4-10(3)7-14-12/h4-5,7,9H,6,8H2,1-3H3,(H,13,15). The Balaban J connectivity index is 2.29. The Bertz CT molecular complexity index is 335. The maximum absolute atomic E-state index is 11.4. The number of carbonyl (C=O) groups excluding carboxylic acids is 1. The molecule has 1 heterocycles. The van der Waals surface area contributed by atoms with Gasteiger partial charge in [0.1, 0.15) is 0 Å². The first-order valence-corrected chi connectivity index (χ1v) is 6.38. The van der Waals surface area contributed by atoms with E-state index in [9.17, 15) is 4.79 Å². The Morgan fingerprint density at radius 3 is 2.81 bits per heavy atom. The monoisotopic (exact) mass is 238 g/mol. The lowest BCUT2D eigenvalue weighted by Crippen LogP contribution is -2.28. The van der Waals surface area contributed by atoms with Gasteiger partial charge in [-0.25, -0.2) is 4.98 Å². The molecule has 0 unspecified atom stereocenters. The minimum absolute atomic E-state index is 0.0704. The lowest BCUT2D eigenvalue weighted by atomic mass is 10.2. The van der Waals surface area contributed by atoms with Crippen molar-refractivity contribution in [3.63, 3.8) is 0 Å². The molecule has 0 spiro atoms. The maximum Gasteiger partial charge on any atom is 0.230 e. The van der Waals surface area contributed by atoms with Crippen molar-refractivity contribution in [1.82, 2.24) is 10.3 Å². The predicted octanol–water partition coefficient (Wildman–Crippen LogP) is 2.25. The van der Waals surface area contributed by atoms with Gasteiger partial charge in [-0.2, -0.15) is 0 Å². The smallest absolute Gasteiger partial charge is 0.230 e. The third-order valence-corrected chi connectivity index (χ3v) is 2.89. The van der Waals surface area contributed by atoms with Crippen LogP contribution in [0.15, 0.2) is 23.4 Å². The maximum atomic E-state index is 11.4. The molecule has 0 fully saturated rings. The highest BCUT2D eigenvalue weighted by Crippen LogP contribution is 2.14. The number of nitrogens with zero attached hydrogens (tertiary/aromatic N) is 1. The van der Waals surface area contributed by atoms with Gasteiger partial charge in [0, 0.05) is 12.7 Å². The Labute approximate surface area is 101 Å². The van der Waals surface area contributed by atoms with Gasteiger partial charge in [0.15, 0.2) is 0 Å². The molecule has 0 saturated carbocycles. The van der Waals surface area contributed by atoms with Crippen molar-refractivity contribution < 1.29 is 4.79 Å². The fourth-order valence-electron chi connectivity index (χ4n) is 1.05. The zero-order valence-electron chi connectivity index (χ0n) is 9.99. The minimum Gasteiger partial charge on any atom is -0.355 e. The van der Waals surface area contributed by atoms with Crippen molar-refractivity contribution in [2.45, 2.75) is 25.8 Å². The number of amides is 1. The fraction of sp³-hybridized carbons (Fsp3) is 0.500. The Morgan fingerprint density at radius 2 is 2.25 bits per heavy atom. The second-order valence-corrected chi connectivity index (χ2v) is 5.16. The van der Waals surface area contributed by atoms with Crippen LogP contribution in [0.5, 0.6) is 0 Å². The molecule has 1 aromatic heterocycles. The number of carbonyl (C=O) groups is 1. The van der Waals surface area contributed by atoms with Crippen LogP contribution in [0.2, 0.25) is 0 Å². The summed E-state index contributed by atoms with van der Waals surface area (Å²) in [5, 5.41) is 3.77. The van der Waals surface area contributed by atoms with E-state index >= 15 is 0 Å². The first-order valence-electron chi connectivity index (χ1n) is 5.40. The van der Waals surface area contributed by atoms with Gasteiger partial charge >= 0.3 is 0 Å². The molecule has 0 saturated heterocycles. The number of rotatable bonds is 5. The average molecular weight is 238 g/mol. The molecular weight excluding hydrogens is 220 g/mol. The van der Waals surface area contributed by atoms with Crippen LogP contribution in [-0.4, -0.2) is 23.2 Å². The first kappa shape index (κ1) is 13.0. The molecular formula is C12H18N2OS. The quantitative estimate of drug-likeness (QED) is 0.800. The molecule has 0 radical (unpaired) electrons. The number of aryl methyl sites for hydroxylation is 1. The van der Waals surface area contributed by atoms with Crippen LogP contribution in [0.25, 0.3) is 0 Å². The highest BCUT2D eigenvalue weighted by Gasteiger charge is 2.03. The molecule has 0 aromatic carbocycles. The molecule has 1 amide bonds. The van der Waals surface area contributed by atoms with Gasteiger partial charge < -0.3 is 5.32 Å². The second-order valence-electron chi connectivity index (χ2n) is 4.16. The highest BCUT2D eigenvalue weighted by molar-refractivity contribution is 7.99. The number of hydrogen-bond donors (Lipinski definition) is 1. The summed E-state index contributed by atoms with van der Waals surface area (Å²) >= 11 is 1.47. The van der Waals surface area contributed by atoms with Crippen LogP contribution in [0.4, 0.5) is 0 Å². The number of hydrogen-bond acceptors (Lipinski definition) is 3. The van der Waals surface area contributed by atoms with Gasteiger partial charge in [-0.3, -0.25) is 4.79 Å². The molecule has 4 heteroatoms. The lowest BCUT2D eigenvalue weighted by Gasteiger charge is -2.06. The summed E-state index contributed by atoms with van der Waals surface area (Å²) < 4.78 is 0. The average Bonchev–Trinajstić information content (AvgIpc) is 2.25. The van der Waals surface area contributed by atoms with Crippen molar-refractivity contribution in [3.8, 4) is 0 Å². The van der Waals surface area contributed by atoms with E-state index < -0.39 is 0 Å². The van der Waals surface area contributed by atoms with E-state index in [0.29, 0.717) is 11.7 Å². The van der Waals surface area contributed by atoms with E-state index in [-0.39, 0.29) is 5.91 Å². The highest BCUT2D eigenvalue weighted by atomic mass is 32.2. The third-order valence-electron chi connectivity index (χ3n) is 1.94. The van der Waals surface area contributed by atoms with Crippen molar-refractivity contribution in [2.75, 3.05) is 12.3 Å². The van der Waals surface area contributed by atoms with E-state index in [0.717, 1.165) is 17.1 Å². The summed E-state index contributed by atoms with van der Waals surface area (Å²) in [5.41, 5.74) is 1.13. The van der Waals surface area contributed by atoms with Crippen LogP contribution in [-0.2, 0) is 4.79 Å². The molecule has 88 valence electrons. The van der Waals surface area contributed by atoms with Gasteiger partial charge in [-0.15, -0.1) is 0 Å². The predicted molar refractivity (Wildman–Crippen MR) is 67.5 cm³/mol. The van der Waals surface area contributed by atoms with Crippen molar-refractivity contribution in [3.05, 3.63) is 23.9 Å². The third kappa shape index (κ3) is 5.16. The Kier molecular flexibility index (Phi) is 5.32. The van der Waals surface area contributed by atoms with Crippen molar-refractivity contribution in [2.24, 2.45) is 5.92 Å². The van der Waals surface area contributed by atoms with Gasteiger partial charge in [0.05, 0.1) is 10.8 Å². The Morgan fingerprint density at radius 1 is 1.50 bits per heavy atom. The molecule has 1 aromatic rings. The molecule has 0 atom stereocenters. The molecule has 1 N–H and O–H groups in total. The molecule has 0 aliphatic rings. The van der Waals surface area contributed by atoms with E-state index in [1.807, 2.05) is 25.3 Å². The zero-order chi connectivity index (χ0) is 12.0. The number of thioether (sulfide) groups is 1. The fourth-order valence-corrected chi connectivity index (χ4v) is 1.72. The summed E-state index contributed by atoms with van der Waals surface area (Å²) in [6.45, 7) is 6.89. The first-order chi connectivity index (χ1) is 7.58. The second kappa shape index (κ2) is 6.53. The van der Waals surface area contributed by atoms with E-state index in [1.165, 1.54) is 11.8 Å². The molecule has 16 heavy (non-hydrogen) atoms. The topological polar surface area (TPSA) is 42.0 Å². The minimum atomic E-state index is 0.0704. The van der Waals surface area contributed by atoms with Gasteiger partial charge in [0.25, 0.3) is 0 Å². The number of aromatic nitrogens is 1. The van der Waals surface area contributed by atoms with Crippen LogP contribution in [0.1, 0.15) is 19.4 Å². The van der Waals surface area contributed by atoms with Gasteiger partial charge in [-0.05, 0) is 24.5 Å². The summed E-state index contributed by atoms with van der Waals surface area (Å²) in [6, 6.07) is 3.94. The lowest BCUT2D eigenvalue weighted by molar-refractivity contribution is -0.118. The van der Waals surface area contributed by atoms with E-state index in [4.69, 9.17) is 0 Å². The Hall–Kier alpha value is -1.03. The van der Waals surface area contributed by atoms with Crippen LogP contribution in [0, 0.1) is 12.8 Å². The van der Waals surface area contributed by atoms with Gasteiger partial charge in [-0.1, -0.05) is 31.7 Å². The summed E-state index contributed by atoms with van der Waals surface area (Å²) in [7, 11) is 0. The number of pyridine rings is 1. The van der Waals surface area contributed by atoms with Crippen LogP contribution >= 0.6 is 11.8 Å². The van der Waals surface area contributed by atoms with E-state index in [2.05, 4.69) is 24.1 Å². The SMILES string of the molecule is Cc1ccc(SCC(=O)NCC(C)C)nc1. The van der Waals surface area contributed by atoms with Crippen LogP contribution < -0.4 is 5.32 Å². The van der Waals surface area contributed by atoms with Crippen molar-refractivity contribution >= 4 is 17.7 Å². The number of nitrogens with one attached hydrogen (secondary N) is 1. The van der Waals surface area contributed by atoms with Crippen LogP contribution in [0.3, 0.4) is 0 Å². The van der Waals surface area contributed by atoms with E-state index in [1.54, 1.807) is 0 Å².